The average molecular weight is 200 g/mol. The van der Waals surface area contributed by atoms with Crippen molar-refractivity contribution < 1.29 is 9.53 Å². The maximum Gasteiger partial charge on any atom is 0.223 e. The Kier molecular flexibility index (Phi) is 4.35. The van der Waals surface area contributed by atoms with Crippen LogP contribution >= 0.6 is 0 Å². The summed E-state index contributed by atoms with van der Waals surface area (Å²) in [4.78, 5) is 13.4. The van der Waals surface area contributed by atoms with Gasteiger partial charge in [0, 0.05) is 32.2 Å². The number of rotatable bonds is 4. The van der Waals surface area contributed by atoms with E-state index in [-0.39, 0.29) is 11.9 Å². The van der Waals surface area contributed by atoms with Gasteiger partial charge in [-0.25, -0.2) is 0 Å². The van der Waals surface area contributed by atoms with Crippen LogP contribution in [0.5, 0.6) is 0 Å². The smallest absolute Gasteiger partial charge is 0.223 e. The summed E-state index contributed by atoms with van der Waals surface area (Å²) in [5, 5.41) is 0. The molecule has 1 aliphatic rings. The Hall–Kier alpha value is -0.610. The van der Waals surface area contributed by atoms with E-state index in [0.29, 0.717) is 38.6 Å². The summed E-state index contributed by atoms with van der Waals surface area (Å²) in [6.45, 7) is 6.64. The van der Waals surface area contributed by atoms with Crippen LogP contribution in [0.2, 0.25) is 0 Å². The Balaban J connectivity index is 2.33. The lowest BCUT2D eigenvalue weighted by molar-refractivity contribution is -0.136. The summed E-state index contributed by atoms with van der Waals surface area (Å²) in [5.74, 6) is 0.518. The Bertz CT molecular complexity index is 197. The van der Waals surface area contributed by atoms with Crippen LogP contribution in [0.25, 0.3) is 0 Å². The first kappa shape index (κ1) is 11.5. The van der Waals surface area contributed by atoms with Crippen molar-refractivity contribution in [1.29, 1.82) is 0 Å². The summed E-state index contributed by atoms with van der Waals surface area (Å²) in [5.41, 5.74) is 5.90. The van der Waals surface area contributed by atoms with Crippen LogP contribution in [0.15, 0.2) is 0 Å². The zero-order valence-corrected chi connectivity index (χ0v) is 9.03. The van der Waals surface area contributed by atoms with Gasteiger partial charge in [-0.05, 0) is 12.8 Å². The molecule has 0 aliphatic carbocycles. The van der Waals surface area contributed by atoms with Crippen molar-refractivity contribution >= 4 is 5.91 Å². The van der Waals surface area contributed by atoms with Crippen LogP contribution in [-0.4, -0.2) is 43.2 Å². The van der Waals surface area contributed by atoms with E-state index in [1.54, 1.807) is 4.90 Å². The standard InChI is InChI=1S/C10H20N2O2/c1-3-14-5-4-12-7-9(11)8(2)6-10(12)13/h8-9H,3-7,11H2,1-2H3. The highest BCUT2D eigenvalue weighted by Gasteiger charge is 2.28. The summed E-state index contributed by atoms with van der Waals surface area (Å²) >= 11 is 0. The van der Waals surface area contributed by atoms with Gasteiger partial charge in [-0.15, -0.1) is 0 Å². The SMILES string of the molecule is CCOCCN1CC(N)C(C)CC1=O. The number of carbonyl (C=O) groups excluding carboxylic acids is 1. The second kappa shape index (κ2) is 5.32. The number of nitrogens with two attached hydrogens (primary N) is 1. The van der Waals surface area contributed by atoms with E-state index in [9.17, 15) is 4.79 Å². The molecule has 2 N–H and O–H groups in total. The van der Waals surface area contributed by atoms with Gasteiger partial charge in [-0.2, -0.15) is 0 Å². The van der Waals surface area contributed by atoms with Gasteiger partial charge in [-0.3, -0.25) is 4.79 Å². The molecule has 82 valence electrons. The van der Waals surface area contributed by atoms with Gasteiger partial charge in [-0.1, -0.05) is 6.92 Å². The summed E-state index contributed by atoms with van der Waals surface area (Å²) in [6.07, 6.45) is 0.577. The zero-order valence-electron chi connectivity index (χ0n) is 9.03. The lowest BCUT2D eigenvalue weighted by Gasteiger charge is -2.34. The predicted molar refractivity (Wildman–Crippen MR) is 54.8 cm³/mol. The molecule has 0 radical (unpaired) electrons. The molecule has 0 aromatic heterocycles. The van der Waals surface area contributed by atoms with Gasteiger partial charge in [0.2, 0.25) is 5.91 Å². The van der Waals surface area contributed by atoms with E-state index in [4.69, 9.17) is 10.5 Å². The minimum absolute atomic E-state index is 0.120. The van der Waals surface area contributed by atoms with Gasteiger partial charge in [0.05, 0.1) is 6.61 Å². The Morgan fingerprint density at radius 1 is 1.64 bits per heavy atom. The molecule has 0 aromatic rings. The first-order chi connectivity index (χ1) is 6.65. The summed E-state index contributed by atoms with van der Waals surface area (Å²) < 4.78 is 5.21. The van der Waals surface area contributed by atoms with E-state index < -0.39 is 0 Å². The highest BCUT2D eigenvalue weighted by Crippen LogP contribution is 2.16. The first-order valence-electron chi connectivity index (χ1n) is 5.26. The second-order valence-corrected chi connectivity index (χ2v) is 3.88. The third-order valence-electron chi connectivity index (χ3n) is 2.72. The van der Waals surface area contributed by atoms with Gasteiger partial charge < -0.3 is 15.4 Å². The van der Waals surface area contributed by atoms with E-state index >= 15 is 0 Å². The Morgan fingerprint density at radius 2 is 2.36 bits per heavy atom. The van der Waals surface area contributed by atoms with E-state index in [2.05, 4.69) is 0 Å². The molecule has 1 saturated heterocycles. The molecule has 0 bridgehead atoms. The van der Waals surface area contributed by atoms with Crippen LogP contribution in [0, 0.1) is 5.92 Å². The predicted octanol–water partition coefficient (Wildman–Crippen LogP) is 0.219. The van der Waals surface area contributed by atoms with Gasteiger partial charge >= 0.3 is 0 Å². The Labute approximate surface area is 85.4 Å². The number of amides is 1. The second-order valence-electron chi connectivity index (χ2n) is 3.88. The molecule has 14 heavy (non-hydrogen) atoms. The molecule has 0 saturated carbocycles. The van der Waals surface area contributed by atoms with Crippen molar-refractivity contribution in [2.24, 2.45) is 11.7 Å². The number of hydrogen-bond acceptors (Lipinski definition) is 3. The Morgan fingerprint density at radius 3 is 3.00 bits per heavy atom. The van der Waals surface area contributed by atoms with Crippen LogP contribution in [0.1, 0.15) is 20.3 Å². The van der Waals surface area contributed by atoms with E-state index in [0.717, 1.165) is 0 Å². The van der Waals surface area contributed by atoms with E-state index in [1.165, 1.54) is 0 Å². The molecule has 2 atom stereocenters. The van der Waals surface area contributed by atoms with Gasteiger partial charge in [0.15, 0.2) is 0 Å². The van der Waals surface area contributed by atoms with Crippen LogP contribution in [0.3, 0.4) is 0 Å². The zero-order chi connectivity index (χ0) is 10.6. The molecule has 1 amide bonds. The topological polar surface area (TPSA) is 55.6 Å². The van der Waals surface area contributed by atoms with Crippen molar-refractivity contribution in [3.63, 3.8) is 0 Å². The monoisotopic (exact) mass is 200 g/mol. The third-order valence-corrected chi connectivity index (χ3v) is 2.72. The quantitative estimate of drug-likeness (QED) is 0.660. The van der Waals surface area contributed by atoms with Gasteiger partial charge in [0.1, 0.15) is 0 Å². The molecule has 1 heterocycles. The number of piperidine rings is 1. The fourth-order valence-corrected chi connectivity index (χ4v) is 1.63. The molecule has 4 heteroatoms. The minimum atomic E-state index is 0.120. The van der Waals surface area contributed by atoms with Crippen molar-refractivity contribution in [2.75, 3.05) is 26.3 Å². The number of nitrogens with zero attached hydrogens (tertiary/aromatic N) is 1. The highest BCUT2D eigenvalue weighted by molar-refractivity contribution is 5.77. The molecule has 2 unspecified atom stereocenters. The number of hydrogen-bond donors (Lipinski definition) is 1. The summed E-state index contributed by atoms with van der Waals surface area (Å²) in [7, 11) is 0. The average Bonchev–Trinajstić information content (AvgIpc) is 2.14. The molecular formula is C10H20N2O2. The largest absolute Gasteiger partial charge is 0.380 e. The fraction of sp³-hybridized carbons (Fsp3) is 0.900. The normalized spacial score (nSPS) is 28.2. The van der Waals surface area contributed by atoms with Gasteiger partial charge in [0.25, 0.3) is 0 Å². The molecule has 0 aromatic carbocycles. The van der Waals surface area contributed by atoms with Crippen LogP contribution in [0.4, 0.5) is 0 Å². The van der Waals surface area contributed by atoms with Crippen LogP contribution in [-0.2, 0) is 9.53 Å². The number of carbonyl (C=O) groups is 1. The van der Waals surface area contributed by atoms with Crippen molar-refractivity contribution in [1.82, 2.24) is 4.90 Å². The molecule has 0 spiro atoms. The molecule has 4 nitrogen and oxygen atoms in total. The molecule has 1 rings (SSSR count). The first-order valence-corrected chi connectivity index (χ1v) is 5.26. The van der Waals surface area contributed by atoms with E-state index in [1.807, 2.05) is 13.8 Å². The lowest BCUT2D eigenvalue weighted by atomic mass is 9.94. The summed E-state index contributed by atoms with van der Waals surface area (Å²) in [6, 6.07) is 0.120. The fourth-order valence-electron chi connectivity index (χ4n) is 1.63. The highest BCUT2D eigenvalue weighted by atomic mass is 16.5. The number of likely N-dealkylation sites (tertiary alicyclic amines) is 1. The van der Waals surface area contributed by atoms with Crippen molar-refractivity contribution in [3.8, 4) is 0 Å². The molecule has 1 aliphatic heterocycles. The van der Waals surface area contributed by atoms with Crippen molar-refractivity contribution in [3.05, 3.63) is 0 Å². The lowest BCUT2D eigenvalue weighted by Crippen LogP contribution is -2.51. The maximum atomic E-state index is 11.6. The molecular weight excluding hydrogens is 180 g/mol. The number of ether oxygens (including phenoxy) is 1. The van der Waals surface area contributed by atoms with Crippen molar-refractivity contribution in [2.45, 2.75) is 26.3 Å². The van der Waals surface area contributed by atoms with Crippen LogP contribution < -0.4 is 5.73 Å². The maximum absolute atomic E-state index is 11.6. The molecule has 1 fully saturated rings. The minimum Gasteiger partial charge on any atom is -0.380 e. The third kappa shape index (κ3) is 2.96.